The van der Waals surface area contributed by atoms with Crippen LogP contribution in [-0.4, -0.2) is 48.8 Å². The maximum atomic E-state index is 12.0. The summed E-state index contributed by atoms with van der Waals surface area (Å²) in [5, 5.41) is 5.32. The molecular formula is C22H43N3O3. The lowest BCUT2D eigenvalue weighted by molar-refractivity contribution is -0.128. The van der Waals surface area contributed by atoms with E-state index in [2.05, 4.69) is 30.4 Å². The third-order valence-corrected chi connectivity index (χ3v) is 2.76. The van der Waals surface area contributed by atoms with E-state index in [9.17, 15) is 14.4 Å². The molecule has 6 heteroatoms. The Labute approximate surface area is 173 Å². The highest BCUT2D eigenvalue weighted by Crippen LogP contribution is 1.98. The second-order valence-electron chi connectivity index (χ2n) is 5.14. The van der Waals surface area contributed by atoms with Crippen molar-refractivity contribution in [2.45, 2.75) is 62.3 Å². The number of rotatable bonds is 9. The molecule has 0 unspecified atom stereocenters. The number of hydrogen-bond acceptors (Lipinski definition) is 3. The van der Waals surface area contributed by atoms with Crippen LogP contribution in [-0.2, 0) is 14.4 Å². The van der Waals surface area contributed by atoms with Crippen LogP contribution in [0.5, 0.6) is 0 Å². The lowest BCUT2D eigenvalue weighted by atomic mass is 10.2. The minimum absolute atomic E-state index is 0.214. The maximum absolute atomic E-state index is 12.0. The van der Waals surface area contributed by atoms with Crippen molar-refractivity contribution in [3.8, 4) is 0 Å². The molecule has 0 aromatic heterocycles. The first-order chi connectivity index (χ1) is 13.2. The van der Waals surface area contributed by atoms with Gasteiger partial charge in [0.15, 0.2) is 0 Å². The Bertz CT molecular complexity index is 465. The zero-order valence-corrected chi connectivity index (χ0v) is 19.6. The van der Waals surface area contributed by atoms with Crippen molar-refractivity contribution in [2.24, 2.45) is 0 Å². The van der Waals surface area contributed by atoms with Crippen molar-refractivity contribution in [1.29, 1.82) is 0 Å². The van der Waals surface area contributed by atoms with Crippen LogP contribution < -0.4 is 10.6 Å². The SMILES string of the molecule is C=C(C)C(=O)NCCN(CCNC(=O)C(=C)C)C(=O)C(=C)C.CC.CC.CC. The average Bonchev–Trinajstić information content (AvgIpc) is 2.70. The predicted octanol–water partition coefficient (Wildman–Crippen LogP) is 3.85. The van der Waals surface area contributed by atoms with Gasteiger partial charge < -0.3 is 15.5 Å². The highest BCUT2D eigenvalue weighted by Gasteiger charge is 2.14. The summed E-state index contributed by atoms with van der Waals surface area (Å²) in [6.45, 7) is 28.8. The fraction of sp³-hybridized carbons (Fsp3) is 0.591. The van der Waals surface area contributed by atoms with Gasteiger partial charge in [-0.2, -0.15) is 0 Å². The molecular weight excluding hydrogens is 354 g/mol. The molecule has 0 rings (SSSR count). The number of carbonyl (C=O) groups is 3. The molecule has 2 N–H and O–H groups in total. The smallest absolute Gasteiger partial charge is 0.249 e. The highest BCUT2D eigenvalue weighted by atomic mass is 16.2. The summed E-state index contributed by atoms with van der Waals surface area (Å²) in [6, 6.07) is 0. The van der Waals surface area contributed by atoms with Gasteiger partial charge in [0.25, 0.3) is 0 Å². The molecule has 0 saturated heterocycles. The zero-order valence-electron chi connectivity index (χ0n) is 19.6. The number of hydrogen-bond donors (Lipinski definition) is 2. The second-order valence-corrected chi connectivity index (χ2v) is 5.14. The monoisotopic (exact) mass is 397 g/mol. The molecule has 0 saturated carbocycles. The summed E-state index contributed by atoms with van der Waals surface area (Å²) >= 11 is 0. The first-order valence-corrected chi connectivity index (χ1v) is 9.99. The minimum atomic E-state index is -0.252. The summed E-state index contributed by atoms with van der Waals surface area (Å²) in [6.07, 6.45) is 0. The van der Waals surface area contributed by atoms with E-state index in [1.165, 1.54) is 4.90 Å². The van der Waals surface area contributed by atoms with Gasteiger partial charge in [-0.3, -0.25) is 14.4 Å². The standard InChI is InChI=1S/C16H25N3O3.3C2H6/c1-11(2)14(20)17-7-9-19(16(22)13(5)6)10-8-18-15(21)12(3)4;3*1-2/h1,3,5,7-10H2,2,4,6H3,(H,17,20)(H,18,21);3*1-2H3. The van der Waals surface area contributed by atoms with Gasteiger partial charge in [-0.15, -0.1) is 0 Å². The van der Waals surface area contributed by atoms with E-state index in [1.54, 1.807) is 20.8 Å². The van der Waals surface area contributed by atoms with E-state index < -0.39 is 0 Å². The molecule has 28 heavy (non-hydrogen) atoms. The van der Waals surface area contributed by atoms with Gasteiger partial charge >= 0.3 is 0 Å². The minimum Gasteiger partial charge on any atom is -0.351 e. The largest absolute Gasteiger partial charge is 0.351 e. The predicted molar refractivity (Wildman–Crippen MR) is 121 cm³/mol. The molecule has 3 amide bonds. The molecule has 0 heterocycles. The molecule has 0 aliphatic rings. The van der Waals surface area contributed by atoms with Crippen molar-refractivity contribution >= 4 is 17.7 Å². The third-order valence-electron chi connectivity index (χ3n) is 2.76. The Kier molecular flexibility index (Phi) is 26.9. The van der Waals surface area contributed by atoms with Crippen molar-refractivity contribution < 1.29 is 14.4 Å². The van der Waals surface area contributed by atoms with Crippen LogP contribution >= 0.6 is 0 Å². The zero-order chi connectivity index (χ0) is 23.3. The van der Waals surface area contributed by atoms with Crippen molar-refractivity contribution in [1.82, 2.24) is 15.5 Å². The van der Waals surface area contributed by atoms with Crippen LogP contribution in [0.4, 0.5) is 0 Å². The molecule has 0 atom stereocenters. The molecule has 0 radical (unpaired) electrons. The van der Waals surface area contributed by atoms with Gasteiger partial charge in [-0.05, 0) is 20.8 Å². The lowest BCUT2D eigenvalue weighted by Crippen LogP contribution is -2.43. The van der Waals surface area contributed by atoms with E-state index in [-0.39, 0.29) is 17.7 Å². The average molecular weight is 398 g/mol. The fourth-order valence-electron chi connectivity index (χ4n) is 1.50. The Balaban J connectivity index is -0.000000434. The fourth-order valence-corrected chi connectivity index (χ4v) is 1.50. The number of nitrogens with zero attached hydrogens (tertiary/aromatic N) is 1. The van der Waals surface area contributed by atoms with Crippen LogP contribution in [0, 0.1) is 0 Å². The van der Waals surface area contributed by atoms with Crippen molar-refractivity contribution in [3.63, 3.8) is 0 Å². The Morgan fingerprint density at radius 3 is 1.14 bits per heavy atom. The molecule has 0 fully saturated rings. The summed E-state index contributed by atoms with van der Waals surface area (Å²) in [4.78, 5) is 36.4. The van der Waals surface area contributed by atoms with Gasteiger partial charge in [0.1, 0.15) is 0 Å². The van der Waals surface area contributed by atoms with E-state index in [0.717, 1.165) is 0 Å². The van der Waals surface area contributed by atoms with E-state index in [1.807, 2.05) is 41.5 Å². The molecule has 6 nitrogen and oxygen atoms in total. The molecule has 0 aliphatic heterocycles. The van der Waals surface area contributed by atoms with Crippen LogP contribution in [0.3, 0.4) is 0 Å². The Morgan fingerprint density at radius 2 is 0.929 bits per heavy atom. The summed E-state index contributed by atoms with van der Waals surface area (Å²) < 4.78 is 0. The first-order valence-electron chi connectivity index (χ1n) is 9.99. The molecule has 0 bridgehead atoms. The van der Waals surface area contributed by atoms with Crippen LogP contribution in [0.15, 0.2) is 36.5 Å². The van der Waals surface area contributed by atoms with Gasteiger partial charge in [0.05, 0.1) is 0 Å². The molecule has 0 aliphatic carbocycles. The Hall–Kier alpha value is -2.37. The van der Waals surface area contributed by atoms with E-state index in [4.69, 9.17) is 0 Å². The number of carbonyl (C=O) groups excluding carboxylic acids is 3. The van der Waals surface area contributed by atoms with Gasteiger partial charge in [-0.25, -0.2) is 0 Å². The summed E-state index contributed by atoms with van der Waals surface area (Å²) in [7, 11) is 0. The second kappa shape index (κ2) is 22.7. The summed E-state index contributed by atoms with van der Waals surface area (Å²) in [5.41, 5.74) is 1.22. The highest BCUT2D eigenvalue weighted by molar-refractivity contribution is 5.93. The van der Waals surface area contributed by atoms with Crippen LogP contribution in [0.25, 0.3) is 0 Å². The van der Waals surface area contributed by atoms with Crippen LogP contribution in [0.1, 0.15) is 62.3 Å². The maximum Gasteiger partial charge on any atom is 0.249 e. The molecule has 0 aromatic carbocycles. The van der Waals surface area contributed by atoms with E-state index >= 15 is 0 Å². The number of amides is 3. The van der Waals surface area contributed by atoms with Crippen molar-refractivity contribution in [2.75, 3.05) is 26.2 Å². The van der Waals surface area contributed by atoms with E-state index in [0.29, 0.717) is 42.9 Å². The number of nitrogens with one attached hydrogen (secondary N) is 2. The Morgan fingerprint density at radius 1 is 0.643 bits per heavy atom. The van der Waals surface area contributed by atoms with Gasteiger partial charge in [0.2, 0.25) is 17.7 Å². The topological polar surface area (TPSA) is 78.5 Å². The van der Waals surface area contributed by atoms with Crippen molar-refractivity contribution in [3.05, 3.63) is 36.5 Å². The van der Waals surface area contributed by atoms with Gasteiger partial charge in [0, 0.05) is 42.9 Å². The van der Waals surface area contributed by atoms with Crippen LogP contribution in [0.2, 0.25) is 0 Å². The quantitative estimate of drug-likeness (QED) is 0.580. The lowest BCUT2D eigenvalue weighted by Gasteiger charge is -2.23. The summed E-state index contributed by atoms with van der Waals surface area (Å²) in [5.74, 6) is -0.717. The van der Waals surface area contributed by atoms with Gasteiger partial charge in [-0.1, -0.05) is 61.3 Å². The normalized spacial score (nSPS) is 8.18. The molecule has 0 aromatic rings. The molecule has 0 spiro atoms. The molecule has 164 valence electrons. The first kappa shape index (κ1) is 33.2. The third kappa shape index (κ3) is 18.4.